The Balaban J connectivity index is 2.57. The van der Waals surface area contributed by atoms with Crippen LogP contribution in [0.5, 0.6) is 0 Å². The number of thioether (sulfide) groups is 1. The van der Waals surface area contributed by atoms with Crippen LogP contribution in [0, 0.1) is 5.92 Å². The lowest BCUT2D eigenvalue weighted by Gasteiger charge is -2.23. The second-order valence-corrected chi connectivity index (χ2v) is 7.43. The van der Waals surface area contributed by atoms with Gasteiger partial charge >= 0.3 is 0 Å². The maximum atomic E-state index is 10.9. The molecule has 0 aromatic rings. The van der Waals surface area contributed by atoms with E-state index < -0.39 is 13.8 Å². The molecule has 6 heteroatoms. The molecule has 0 N–H and O–H groups in total. The minimum Gasteiger partial charge on any atom is -0.211 e. The van der Waals surface area contributed by atoms with Gasteiger partial charge in [-0.25, -0.2) is 8.42 Å². The molecular weight excluding hydrogens is 239 g/mol. The molecule has 2 unspecified atom stereocenters. The molecule has 1 saturated heterocycles. The lowest BCUT2D eigenvalue weighted by atomic mass is 10.1. The van der Waals surface area contributed by atoms with Gasteiger partial charge in [-0.1, -0.05) is 0 Å². The molecule has 0 aromatic carbocycles. The normalized spacial score (nSPS) is 28.3. The van der Waals surface area contributed by atoms with Crippen molar-refractivity contribution in [1.29, 1.82) is 0 Å². The van der Waals surface area contributed by atoms with Gasteiger partial charge in [-0.3, -0.25) is 0 Å². The van der Waals surface area contributed by atoms with Crippen LogP contribution in [0.2, 0.25) is 0 Å². The molecule has 0 saturated carbocycles. The highest BCUT2D eigenvalue weighted by Gasteiger charge is 2.31. The summed E-state index contributed by atoms with van der Waals surface area (Å²) >= 11 is 7.44. The highest BCUT2D eigenvalue weighted by molar-refractivity contribution is 8.15. The molecule has 0 spiro atoms. The first kappa shape index (κ1) is 11.0. The van der Waals surface area contributed by atoms with Gasteiger partial charge in [0.1, 0.15) is 0 Å². The monoisotopic (exact) mass is 248 g/mol. The predicted molar refractivity (Wildman–Crippen MR) is 54.5 cm³/mol. The van der Waals surface area contributed by atoms with Gasteiger partial charge in [0.2, 0.25) is 9.05 Å². The van der Waals surface area contributed by atoms with Crippen LogP contribution in [0.1, 0.15) is 12.8 Å². The predicted octanol–water partition coefficient (Wildman–Crippen LogP) is 2.26. The van der Waals surface area contributed by atoms with Gasteiger partial charge < -0.3 is 0 Å². The molecule has 0 bridgehead atoms. The smallest absolute Gasteiger partial charge is 0.211 e. The quantitative estimate of drug-likeness (QED) is 0.556. The van der Waals surface area contributed by atoms with E-state index in [2.05, 4.69) is 0 Å². The van der Waals surface area contributed by atoms with Crippen LogP contribution >= 0.6 is 34.0 Å². The SMILES string of the molecule is O=S(=O)(Cl)C(Cl)C1CCCSC1. The zero-order valence-electron chi connectivity index (χ0n) is 6.37. The Bertz CT molecular complexity index is 234. The van der Waals surface area contributed by atoms with E-state index in [0.29, 0.717) is 0 Å². The van der Waals surface area contributed by atoms with Gasteiger partial charge in [0.15, 0.2) is 4.71 Å². The largest absolute Gasteiger partial charge is 0.249 e. The average Bonchev–Trinajstić information content (AvgIpc) is 2.03. The summed E-state index contributed by atoms with van der Waals surface area (Å²) in [5.41, 5.74) is 0. The summed E-state index contributed by atoms with van der Waals surface area (Å²) in [6.07, 6.45) is 1.90. The van der Waals surface area contributed by atoms with Gasteiger partial charge in [0.25, 0.3) is 0 Å². The minimum absolute atomic E-state index is 0.0212. The summed E-state index contributed by atoms with van der Waals surface area (Å²) < 4.78 is 20.8. The molecular formula is C6H10Cl2O2S2. The van der Waals surface area contributed by atoms with Crippen molar-refractivity contribution in [2.75, 3.05) is 11.5 Å². The van der Waals surface area contributed by atoms with Crippen molar-refractivity contribution in [2.24, 2.45) is 5.92 Å². The van der Waals surface area contributed by atoms with E-state index in [9.17, 15) is 8.42 Å². The molecule has 0 aliphatic carbocycles. The third-order valence-corrected chi connectivity index (χ3v) is 5.91. The van der Waals surface area contributed by atoms with Crippen LogP contribution < -0.4 is 0 Å². The van der Waals surface area contributed by atoms with Crippen molar-refractivity contribution in [2.45, 2.75) is 17.6 Å². The van der Waals surface area contributed by atoms with E-state index in [1.807, 2.05) is 0 Å². The Kier molecular flexibility index (Phi) is 4.02. The van der Waals surface area contributed by atoms with E-state index in [-0.39, 0.29) is 5.92 Å². The first-order valence-electron chi connectivity index (χ1n) is 3.67. The van der Waals surface area contributed by atoms with Crippen LogP contribution in [-0.4, -0.2) is 24.6 Å². The van der Waals surface area contributed by atoms with Crippen molar-refractivity contribution >= 4 is 43.1 Å². The number of hydrogen-bond acceptors (Lipinski definition) is 3. The van der Waals surface area contributed by atoms with Gasteiger partial charge in [-0.2, -0.15) is 11.8 Å². The minimum atomic E-state index is -3.58. The molecule has 12 heavy (non-hydrogen) atoms. The maximum absolute atomic E-state index is 10.9. The molecule has 1 aliphatic rings. The first-order chi connectivity index (χ1) is 5.52. The highest BCUT2D eigenvalue weighted by atomic mass is 35.7. The Morgan fingerprint density at radius 2 is 2.17 bits per heavy atom. The molecule has 2 nitrogen and oxygen atoms in total. The summed E-state index contributed by atoms with van der Waals surface area (Å²) in [5, 5.41) is 0. The zero-order chi connectivity index (χ0) is 9.19. The molecule has 0 amide bonds. The Morgan fingerprint density at radius 3 is 2.58 bits per heavy atom. The first-order valence-corrected chi connectivity index (χ1v) is 7.63. The highest BCUT2D eigenvalue weighted by Crippen LogP contribution is 2.31. The van der Waals surface area contributed by atoms with E-state index in [1.165, 1.54) is 0 Å². The second kappa shape index (κ2) is 4.40. The van der Waals surface area contributed by atoms with Crippen LogP contribution in [0.25, 0.3) is 0 Å². The van der Waals surface area contributed by atoms with Gasteiger partial charge in [0.05, 0.1) is 0 Å². The van der Waals surface area contributed by atoms with E-state index in [4.69, 9.17) is 22.3 Å². The standard InChI is InChI=1S/C6H10Cl2O2S2/c7-6(12(8,9)10)5-2-1-3-11-4-5/h5-6H,1-4H2. The van der Waals surface area contributed by atoms with E-state index in [0.717, 1.165) is 24.3 Å². The molecule has 1 heterocycles. The summed E-state index contributed by atoms with van der Waals surface area (Å²) in [5.74, 6) is 1.93. The van der Waals surface area contributed by atoms with Gasteiger partial charge in [0, 0.05) is 10.7 Å². The maximum Gasteiger partial charge on any atom is 0.249 e. The number of alkyl halides is 1. The molecule has 1 rings (SSSR count). The Hall–Kier alpha value is 0.880. The van der Waals surface area contributed by atoms with Crippen LogP contribution in [0.3, 0.4) is 0 Å². The Labute approximate surface area is 86.4 Å². The van der Waals surface area contributed by atoms with Crippen LogP contribution in [0.4, 0.5) is 0 Å². The van der Waals surface area contributed by atoms with Crippen LogP contribution in [-0.2, 0) is 9.05 Å². The average molecular weight is 249 g/mol. The van der Waals surface area contributed by atoms with Crippen molar-refractivity contribution < 1.29 is 8.42 Å². The summed E-state index contributed by atoms with van der Waals surface area (Å²) in [6, 6.07) is 0. The molecule has 72 valence electrons. The van der Waals surface area contributed by atoms with Gasteiger partial charge in [-0.15, -0.1) is 11.6 Å². The lowest BCUT2D eigenvalue weighted by Crippen LogP contribution is -2.25. The van der Waals surface area contributed by atoms with E-state index in [1.54, 1.807) is 11.8 Å². The molecule has 1 fully saturated rings. The van der Waals surface area contributed by atoms with Crippen molar-refractivity contribution in [3.8, 4) is 0 Å². The third-order valence-electron chi connectivity index (χ3n) is 1.84. The fraction of sp³-hybridized carbons (Fsp3) is 1.00. The fourth-order valence-electron chi connectivity index (χ4n) is 1.20. The fourth-order valence-corrected chi connectivity index (χ4v) is 3.97. The Morgan fingerprint density at radius 1 is 1.50 bits per heavy atom. The second-order valence-electron chi connectivity index (χ2n) is 2.80. The topological polar surface area (TPSA) is 34.1 Å². The lowest BCUT2D eigenvalue weighted by molar-refractivity contribution is 0.532. The van der Waals surface area contributed by atoms with Crippen LogP contribution in [0.15, 0.2) is 0 Å². The van der Waals surface area contributed by atoms with E-state index >= 15 is 0 Å². The van der Waals surface area contributed by atoms with Crippen molar-refractivity contribution in [3.05, 3.63) is 0 Å². The molecule has 0 radical (unpaired) electrons. The number of halogens is 2. The summed E-state index contributed by atoms with van der Waals surface area (Å²) in [4.78, 5) is 0. The summed E-state index contributed by atoms with van der Waals surface area (Å²) in [7, 11) is 1.57. The molecule has 2 atom stereocenters. The molecule has 0 aromatic heterocycles. The number of rotatable bonds is 2. The van der Waals surface area contributed by atoms with Crippen molar-refractivity contribution in [3.63, 3.8) is 0 Å². The van der Waals surface area contributed by atoms with Crippen molar-refractivity contribution in [1.82, 2.24) is 0 Å². The zero-order valence-corrected chi connectivity index (χ0v) is 9.52. The third kappa shape index (κ3) is 2.98. The summed E-state index contributed by atoms with van der Waals surface area (Å²) in [6.45, 7) is 0. The molecule has 1 aliphatic heterocycles. The number of hydrogen-bond donors (Lipinski definition) is 0. The van der Waals surface area contributed by atoms with Gasteiger partial charge in [-0.05, 0) is 30.3 Å².